The van der Waals surface area contributed by atoms with E-state index in [9.17, 15) is 13.5 Å². The van der Waals surface area contributed by atoms with Gasteiger partial charge in [-0.3, -0.25) is 0 Å². The minimum Gasteiger partial charge on any atom is -0.399 e. The molecule has 1 aromatic rings. The highest BCUT2D eigenvalue weighted by Gasteiger charge is 2.21. The van der Waals surface area contributed by atoms with Crippen molar-refractivity contribution in [3.8, 4) is 0 Å². The van der Waals surface area contributed by atoms with Gasteiger partial charge in [-0.2, -0.15) is 0 Å². The van der Waals surface area contributed by atoms with Gasteiger partial charge in [0.2, 0.25) is 10.0 Å². The van der Waals surface area contributed by atoms with Crippen LogP contribution in [0.4, 0.5) is 5.69 Å². The highest BCUT2D eigenvalue weighted by Crippen LogP contribution is 2.21. The standard InChI is InChI=1S/C14H24N2O3S/c1-10-7-11(15)5-6-13(10)20(18,19)16-9-12(17)8-14(2,3)4/h5-7,12,16-17H,8-9,15H2,1-4H3. The predicted molar refractivity (Wildman–Crippen MR) is 80.9 cm³/mol. The average Bonchev–Trinajstić information content (AvgIpc) is 2.23. The van der Waals surface area contributed by atoms with Gasteiger partial charge in [0, 0.05) is 12.2 Å². The normalized spacial score (nSPS) is 14.2. The molecule has 4 N–H and O–H groups in total. The first-order valence-electron chi connectivity index (χ1n) is 6.55. The van der Waals surface area contributed by atoms with Crippen LogP contribution in [0.1, 0.15) is 32.8 Å². The summed E-state index contributed by atoms with van der Waals surface area (Å²) in [5, 5.41) is 9.86. The zero-order valence-electron chi connectivity index (χ0n) is 12.5. The molecule has 0 spiro atoms. The minimum atomic E-state index is -3.62. The first-order chi connectivity index (χ1) is 9.01. The van der Waals surface area contributed by atoms with E-state index in [0.29, 0.717) is 17.7 Å². The Labute approximate surface area is 121 Å². The van der Waals surface area contributed by atoms with Gasteiger partial charge in [0.05, 0.1) is 11.0 Å². The van der Waals surface area contributed by atoms with E-state index in [1.807, 2.05) is 20.8 Å². The zero-order valence-corrected chi connectivity index (χ0v) is 13.3. The quantitative estimate of drug-likeness (QED) is 0.721. The maximum Gasteiger partial charge on any atom is 0.240 e. The molecule has 20 heavy (non-hydrogen) atoms. The second-order valence-electron chi connectivity index (χ2n) is 6.30. The van der Waals surface area contributed by atoms with Crippen molar-refractivity contribution >= 4 is 15.7 Å². The molecule has 0 aliphatic rings. The first-order valence-corrected chi connectivity index (χ1v) is 8.03. The Balaban J connectivity index is 2.76. The van der Waals surface area contributed by atoms with Crippen LogP contribution in [0.5, 0.6) is 0 Å². The van der Waals surface area contributed by atoms with Crippen molar-refractivity contribution < 1.29 is 13.5 Å². The van der Waals surface area contributed by atoms with Crippen LogP contribution in [-0.2, 0) is 10.0 Å². The molecule has 0 heterocycles. The van der Waals surface area contributed by atoms with Crippen molar-refractivity contribution in [3.05, 3.63) is 23.8 Å². The maximum atomic E-state index is 12.2. The molecule has 6 heteroatoms. The third kappa shape index (κ3) is 5.11. The van der Waals surface area contributed by atoms with Gasteiger partial charge >= 0.3 is 0 Å². The number of nitrogens with one attached hydrogen (secondary N) is 1. The molecule has 0 saturated carbocycles. The molecule has 0 aliphatic heterocycles. The molecule has 1 rings (SSSR count). The van der Waals surface area contributed by atoms with Crippen LogP contribution in [0.15, 0.2) is 23.1 Å². The van der Waals surface area contributed by atoms with Crippen LogP contribution in [-0.4, -0.2) is 26.2 Å². The van der Waals surface area contributed by atoms with Crippen LogP contribution in [0.25, 0.3) is 0 Å². The fourth-order valence-corrected chi connectivity index (χ4v) is 3.33. The number of aliphatic hydroxyl groups excluding tert-OH is 1. The predicted octanol–water partition coefficient (Wildman–Crippen LogP) is 1.65. The molecule has 0 fully saturated rings. The number of aliphatic hydroxyl groups is 1. The van der Waals surface area contributed by atoms with E-state index in [-0.39, 0.29) is 16.9 Å². The molecule has 1 unspecified atom stereocenters. The number of hydrogen-bond acceptors (Lipinski definition) is 4. The summed E-state index contributed by atoms with van der Waals surface area (Å²) in [7, 11) is -3.62. The lowest BCUT2D eigenvalue weighted by atomic mass is 9.89. The lowest BCUT2D eigenvalue weighted by Gasteiger charge is -2.22. The number of aryl methyl sites for hydroxylation is 1. The Bertz CT molecular complexity index is 562. The number of sulfonamides is 1. The van der Waals surface area contributed by atoms with Gasteiger partial charge in [-0.25, -0.2) is 13.1 Å². The van der Waals surface area contributed by atoms with Gasteiger partial charge < -0.3 is 10.8 Å². The van der Waals surface area contributed by atoms with Crippen molar-refractivity contribution in [2.24, 2.45) is 5.41 Å². The van der Waals surface area contributed by atoms with E-state index in [4.69, 9.17) is 5.73 Å². The molecule has 0 saturated heterocycles. The summed E-state index contributed by atoms with van der Waals surface area (Å²) < 4.78 is 26.8. The van der Waals surface area contributed by atoms with Gasteiger partial charge in [0.25, 0.3) is 0 Å². The lowest BCUT2D eigenvalue weighted by molar-refractivity contribution is 0.125. The number of benzene rings is 1. The molecular formula is C14H24N2O3S. The smallest absolute Gasteiger partial charge is 0.240 e. The molecule has 1 aromatic carbocycles. The Morgan fingerprint density at radius 3 is 2.45 bits per heavy atom. The van der Waals surface area contributed by atoms with E-state index in [0.717, 1.165) is 0 Å². The summed E-state index contributed by atoms with van der Waals surface area (Å²) in [5.41, 5.74) is 6.66. The molecular weight excluding hydrogens is 276 g/mol. The first kappa shape index (κ1) is 16.9. The summed E-state index contributed by atoms with van der Waals surface area (Å²) in [5.74, 6) is 0. The Morgan fingerprint density at radius 2 is 1.95 bits per heavy atom. The fraction of sp³-hybridized carbons (Fsp3) is 0.571. The van der Waals surface area contributed by atoms with Crippen LogP contribution in [0.3, 0.4) is 0 Å². The van der Waals surface area contributed by atoms with Gasteiger partial charge in [-0.1, -0.05) is 20.8 Å². The third-order valence-corrected chi connectivity index (χ3v) is 4.43. The largest absolute Gasteiger partial charge is 0.399 e. The van der Waals surface area contributed by atoms with E-state index in [1.165, 1.54) is 6.07 Å². The van der Waals surface area contributed by atoms with Crippen LogP contribution in [0.2, 0.25) is 0 Å². The number of nitrogens with two attached hydrogens (primary N) is 1. The molecule has 0 amide bonds. The van der Waals surface area contributed by atoms with Crippen LogP contribution in [0, 0.1) is 12.3 Å². The van der Waals surface area contributed by atoms with Crippen molar-refractivity contribution in [2.45, 2.75) is 45.1 Å². The topological polar surface area (TPSA) is 92.4 Å². The lowest BCUT2D eigenvalue weighted by Crippen LogP contribution is -2.34. The van der Waals surface area contributed by atoms with Crippen molar-refractivity contribution in [1.29, 1.82) is 0 Å². The van der Waals surface area contributed by atoms with Gasteiger partial charge in [-0.05, 0) is 42.5 Å². The fourth-order valence-electron chi connectivity index (χ4n) is 2.04. The van der Waals surface area contributed by atoms with E-state index < -0.39 is 16.1 Å². The summed E-state index contributed by atoms with van der Waals surface area (Å²) in [4.78, 5) is 0.189. The molecule has 1 atom stereocenters. The van der Waals surface area contributed by atoms with Crippen LogP contribution < -0.4 is 10.5 Å². The summed E-state index contributed by atoms with van der Waals surface area (Å²) >= 11 is 0. The zero-order chi connectivity index (χ0) is 15.6. The van der Waals surface area contributed by atoms with Crippen LogP contribution >= 0.6 is 0 Å². The van der Waals surface area contributed by atoms with Gasteiger partial charge in [0.15, 0.2) is 0 Å². The third-order valence-electron chi connectivity index (χ3n) is 2.85. The highest BCUT2D eigenvalue weighted by atomic mass is 32.2. The molecule has 0 aromatic heterocycles. The van der Waals surface area contributed by atoms with Gasteiger partial charge in [0.1, 0.15) is 0 Å². The summed E-state index contributed by atoms with van der Waals surface area (Å²) in [6, 6.07) is 4.64. The monoisotopic (exact) mass is 300 g/mol. The van der Waals surface area contributed by atoms with E-state index in [1.54, 1.807) is 19.1 Å². The summed E-state index contributed by atoms with van der Waals surface area (Å²) in [6.45, 7) is 7.68. The summed E-state index contributed by atoms with van der Waals surface area (Å²) in [6.07, 6.45) is -0.185. The number of rotatable bonds is 5. The van der Waals surface area contributed by atoms with E-state index in [2.05, 4.69) is 4.72 Å². The van der Waals surface area contributed by atoms with Gasteiger partial charge in [-0.15, -0.1) is 0 Å². The number of anilines is 1. The van der Waals surface area contributed by atoms with E-state index >= 15 is 0 Å². The molecule has 0 bridgehead atoms. The van der Waals surface area contributed by atoms with Crippen molar-refractivity contribution in [3.63, 3.8) is 0 Å². The maximum absolute atomic E-state index is 12.2. The second-order valence-corrected chi connectivity index (χ2v) is 8.03. The molecule has 0 aliphatic carbocycles. The Kier molecular flexibility index (Phi) is 5.18. The average molecular weight is 300 g/mol. The molecule has 114 valence electrons. The van der Waals surface area contributed by atoms with Crippen molar-refractivity contribution in [1.82, 2.24) is 4.72 Å². The highest BCUT2D eigenvalue weighted by molar-refractivity contribution is 7.89. The minimum absolute atomic E-state index is 0.00339. The SMILES string of the molecule is Cc1cc(N)ccc1S(=O)(=O)NCC(O)CC(C)(C)C. The number of hydrogen-bond donors (Lipinski definition) is 3. The molecule has 5 nitrogen and oxygen atoms in total. The Hall–Kier alpha value is -1.11. The number of nitrogen functional groups attached to an aromatic ring is 1. The Morgan fingerprint density at radius 1 is 1.35 bits per heavy atom. The molecule has 0 radical (unpaired) electrons. The second kappa shape index (κ2) is 6.11. The van der Waals surface area contributed by atoms with Crippen molar-refractivity contribution in [2.75, 3.05) is 12.3 Å².